The van der Waals surface area contributed by atoms with E-state index in [-0.39, 0.29) is 18.3 Å². The van der Waals surface area contributed by atoms with Crippen molar-refractivity contribution in [3.8, 4) is 11.5 Å². The number of hydrogen-bond acceptors (Lipinski definition) is 5. The number of carbonyl (C=O) groups is 1. The van der Waals surface area contributed by atoms with E-state index in [1.54, 1.807) is 13.3 Å². The molecule has 0 bridgehead atoms. The zero-order valence-corrected chi connectivity index (χ0v) is 14.6. The van der Waals surface area contributed by atoms with Crippen LogP contribution in [0.1, 0.15) is 18.4 Å². The van der Waals surface area contributed by atoms with Gasteiger partial charge in [-0.25, -0.2) is 4.98 Å². The molecule has 1 aliphatic rings. The smallest absolute Gasteiger partial charge is 0.256 e. The molecule has 6 nitrogen and oxygen atoms in total. The van der Waals surface area contributed by atoms with Crippen molar-refractivity contribution >= 4 is 24.0 Å². The topological polar surface area (TPSA) is 76.4 Å². The van der Waals surface area contributed by atoms with Gasteiger partial charge >= 0.3 is 0 Å². The van der Waals surface area contributed by atoms with E-state index in [2.05, 4.69) is 15.6 Å². The summed E-state index contributed by atoms with van der Waals surface area (Å²) in [6, 6.07) is 5.70. The van der Waals surface area contributed by atoms with Crippen LogP contribution in [0.25, 0.3) is 11.5 Å². The Morgan fingerprint density at radius 2 is 2.12 bits per heavy atom. The van der Waals surface area contributed by atoms with Crippen LogP contribution in [-0.2, 0) is 9.53 Å². The molecule has 3 rings (SSSR count). The lowest BCUT2D eigenvalue weighted by atomic mass is 9.91. The number of nitrogens with one attached hydrogen (secondary N) is 2. The Hall–Kier alpha value is -1.89. The molecule has 0 aliphatic carbocycles. The van der Waals surface area contributed by atoms with E-state index in [0.717, 1.165) is 24.2 Å². The van der Waals surface area contributed by atoms with E-state index in [9.17, 15) is 4.79 Å². The highest BCUT2D eigenvalue weighted by Crippen LogP contribution is 2.28. The molecule has 7 heteroatoms. The first-order valence-electron chi connectivity index (χ1n) is 7.72. The number of ether oxygens (including phenoxy) is 1. The number of amides is 1. The maximum absolute atomic E-state index is 12.7. The van der Waals surface area contributed by atoms with Gasteiger partial charge in [0.2, 0.25) is 5.89 Å². The number of hydrogen-bond donors (Lipinski definition) is 2. The monoisotopic (exact) mass is 351 g/mol. The van der Waals surface area contributed by atoms with Crippen LogP contribution >= 0.6 is 12.4 Å². The van der Waals surface area contributed by atoms with Crippen molar-refractivity contribution in [3.63, 3.8) is 0 Å². The molecular formula is C17H22ClN3O3. The lowest BCUT2D eigenvalue weighted by Crippen LogP contribution is -2.51. The van der Waals surface area contributed by atoms with Crippen molar-refractivity contribution in [2.24, 2.45) is 0 Å². The number of methoxy groups -OCH3 is 1. The number of aryl methyl sites for hydroxylation is 1. The fourth-order valence-corrected chi connectivity index (χ4v) is 2.89. The zero-order valence-electron chi connectivity index (χ0n) is 13.8. The van der Waals surface area contributed by atoms with E-state index >= 15 is 0 Å². The Bertz CT molecular complexity index is 682. The number of benzene rings is 1. The Balaban J connectivity index is 0.00000208. The summed E-state index contributed by atoms with van der Waals surface area (Å²) in [7, 11) is 1.60. The SMILES string of the molecule is COC1(C(=O)Nc2ccc(C)c(-c3ncco3)c2)CCNCC1.Cl. The first-order chi connectivity index (χ1) is 11.1. The van der Waals surface area contributed by atoms with Crippen molar-refractivity contribution in [2.45, 2.75) is 25.4 Å². The van der Waals surface area contributed by atoms with Gasteiger partial charge in [0.15, 0.2) is 0 Å². The Morgan fingerprint density at radius 3 is 2.75 bits per heavy atom. The minimum Gasteiger partial charge on any atom is -0.445 e. The number of oxazole rings is 1. The molecule has 130 valence electrons. The second-order valence-electron chi connectivity index (χ2n) is 5.77. The largest absolute Gasteiger partial charge is 0.445 e. The number of anilines is 1. The molecule has 0 radical (unpaired) electrons. The number of aromatic nitrogens is 1. The number of halogens is 1. The molecule has 2 aromatic rings. The lowest BCUT2D eigenvalue weighted by molar-refractivity contribution is -0.140. The van der Waals surface area contributed by atoms with Crippen LogP contribution in [0, 0.1) is 6.92 Å². The summed E-state index contributed by atoms with van der Waals surface area (Å²) in [5.41, 5.74) is 1.85. The van der Waals surface area contributed by atoms with Gasteiger partial charge in [-0.2, -0.15) is 0 Å². The standard InChI is InChI=1S/C17H21N3O3.ClH/c1-12-3-4-13(11-14(12)15-19-9-10-23-15)20-16(21)17(22-2)5-7-18-8-6-17;/h3-4,9-11,18H,5-8H2,1-2H3,(H,20,21);1H. The molecule has 24 heavy (non-hydrogen) atoms. The molecule has 0 atom stereocenters. The molecule has 1 amide bonds. The molecule has 1 aromatic heterocycles. The van der Waals surface area contributed by atoms with Gasteiger partial charge in [0.1, 0.15) is 11.9 Å². The van der Waals surface area contributed by atoms with Gasteiger partial charge in [-0.3, -0.25) is 4.79 Å². The van der Waals surface area contributed by atoms with Crippen LogP contribution in [0.15, 0.2) is 35.1 Å². The third kappa shape index (κ3) is 3.61. The van der Waals surface area contributed by atoms with Gasteiger partial charge in [0.25, 0.3) is 5.91 Å². The van der Waals surface area contributed by atoms with E-state index in [4.69, 9.17) is 9.15 Å². The average molecular weight is 352 g/mol. The molecule has 0 saturated carbocycles. The summed E-state index contributed by atoms with van der Waals surface area (Å²) in [6.07, 6.45) is 4.46. The summed E-state index contributed by atoms with van der Waals surface area (Å²) in [5, 5.41) is 6.22. The molecule has 2 N–H and O–H groups in total. The van der Waals surface area contributed by atoms with E-state index < -0.39 is 5.60 Å². The molecular weight excluding hydrogens is 330 g/mol. The first kappa shape index (κ1) is 18.4. The van der Waals surface area contributed by atoms with E-state index in [1.807, 2.05) is 25.1 Å². The maximum atomic E-state index is 12.7. The van der Waals surface area contributed by atoms with E-state index in [0.29, 0.717) is 24.4 Å². The molecule has 1 saturated heterocycles. The van der Waals surface area contributed by atoms with Crippen molar-refractivity contribution in [2.75, 3.05) is 25.5 Å². The minimum atomic E-state index is -0.765. The van der Waals surface area contributed by atoms with Crippen molar-refractivity contribution in [1.29, 1.82) is 0 Å². The molecule has 0 spiro atoms. The Kier molecular flexibility index (Phi) is 5.99. The van der Waals surface area contributed by atoms with Crippen LogP contribution in [0.5, 0.6) is 0 Å². The van der Waals surface area contributed by atoms with Gasteiger partial charge in [0.05, 0.1) is 6.20 Å². The van der Waals surface area contributed by atoms with Crippen LogP contribution < -0.4 is 10.6 Å². The molecule has 1 aliphatic heterocycles. The van der Waals surface area contributed by atoms with Gasteiger partial charge < -0.3 is 19.8 Å². The fourth-order valence-electron chi connectivity index (χ4n) is 2.89. The molecule has 0 unspecified atom stereocenters. The minimum absolute atomic E-state index is 0. The van der Waals surface area contributed by atoms with Crippen molar-refractivity contribution in [1.82, 2.24) is 10.3 Å². The number of piperidine rings is 1. The van der Waals surface area contributed by atoms with Gasteiger partial charge in [0, 0.05) is 18.4 Å². The third-order valence-corrected chi connectivity index (χ3v) is 4.37. The normalized spacial score (nSPS) is 16.2. The third-order valence-electron chi connectivity index (χ3n) is 4.37. The summed E-state index contributed by atoms with van der Waals surface area (Å²) >= 11 is 0. The number of carbonyl (C=O) groups excluding carboxylic acids is 1. The van der Waals surface area contributed by atoms with Crippen molar-refractivity contribution < 1.29 is 13.9 Å². The van der Waals surface area contributed by atoms with Crippen LogP contribution in [0.3, 0.4) is 0 Å². The summed E-state index contributed by atoms with van der Waals surface area (Å²) in [4.78, 5) is 16.9. The summed E-state index contributed by atoms with van der Waals surface area (Å²) < 4.78 is 10.9. The second-order valence-corrected chi connectivity index (χ2v) is 5.77. The van der Waals surface area contributed by atoms with Gasteiger partial charge in [-0.1, -0.05) is 6.07 Å². The highest BCUT2D eigenvalue weighted by atomic mass is 35.5. The molecule has 1 aromatic carbocycles. The first-order valence-corrected chi connectivity index (χ1v) is 7.72. The zero-order chi connectivity index (χ0) is 16.3. The van der Waals surface area contributed by atoms with Gasteiger partial charge in [-0.15, -0.1) is 12.4 Å². The predicted octanol–water partition coefficient (Wildman–Crippen LogP) is 2.78. The van der Waals surface area contributed by atoms with E-state index in [1.165, 1.54) is 6.26 Å². The van der Waals surface area contributed by atoms with Crippen LogP contribution in [-0.4, -0.2) is 36.7 Å². The molecule has 1 fully saturated rings. The lowest BCUT2D eigenvalue weighted by Gasteiger charge is -2.34. The highest BCUT2D eigenvalue weighted by molar-refractivity contribution is 5.98. The Morgan fingerprint density at radius 1 is 1.38 bits per heavy atom. The molecule has 2 heterocycles. The summed E-state index contributed by atoms with van der Waals surface area (Å²) in [5.74, 6) is 0.436. The van der Waals surface area contributed by atoms with Gasteiger partial charge in [-0.05, 0) is 50.6 Å². The highest BCUT2D eigenvalue weighted by Gasteiger charge is 2.39. The summed E-state index contributed by atoms with van der Waals surface area (Å²) in [6.45, 7) is 3.53. The fraction of sp³-hybridized carbons (Fsp3) is 0.412. The average Bonchev–Trinajstić information content (AvgIpc) is 3.11. The van der Waals surface area contributed by atoms with Crippen LogP contribution in [0.2, 0.25) is 0 Å². The number of nitrogens with zero attached hydrogens (tertiary/aromatic N) is 1. The Labute approximate surface area is 147 Å². The second kappa shape index (κ2) is 7.79. The quantitative estimate of drug-likeness (QED) is 0.885. The van der Waals surface area contributed by atoms with Crippen molar-refractivity contribution in [3.05, 3.63) is 36.2 Å². The number of rotatable bonds is 4. The van der Waals surface area contributed by atoms with Crippen LogP contribution in [0.4, 0.5) is 5.69 Å². The predicted molar refractivity (Wildman–Crippen MR) is 94.4 cm³/mol. The maximum Gasteiger partial charge on any atom is 0.256 e.